The largest absolute Gasteiger partial charge is 0.399 e. The number of aliphatic hydroxyl groups excluding tert-OH is 1. The Morgan fingerprint density at radius 1 is 1.45 bits per heavy atom. The molecule has 1 fully saturated rings. The van der Waals surface area contributed by atoms with Crippen molar-refractivity contribution >= 4 is 5.69 Å². The summed E-state index contributed by atoms with van der Waals surface area (Å²) in [6, 6.07) is 4.60. The minimum absolute atomic E-state index is 0.0314. The van der Waals surface area contributed by atoms with Gasteiger partial charge in [-0.2, -0.15) is 0 Å². The van der Waals surface area contributed by atoms with Gasteiger partial charge in [0.2, 0.25) is 0 Å². The number of aliphatic hydroxyl groups is 2. The smallest absolute Gasteiger partial charge is 0.264 e. The molecule has 1 saturated heterocycles. The highest BCUT2D eigenvalue weighted by molar-refractivity contribution is 5.45. The van der Waals surface area contributed by atoms with E-state index >= 15 is 0 Å². The maximum atomic E-state index is 13.1. The molecule has 0 saturated carbocycles. The fourth-order valence-electron chi connectivity index (χ4n) is 3.04. The maximum Gasteiger partial charge on any atom is 0.264 e. The third kappa shape index (κ3) is 3.94. The summed E-state index contributed by atoms with van der Waals surface area (Å²) >= 11 is 0. The van der Waals surface area contributed by atoms with Crippen LogP contribution in [0.4, 0.5) is 14.5 Å². The summed E-state index contributed by atoms with van der Waals surface area (Å²) in [6.45, 7) is 3.11. The van der Waals surface area contributed by atoms with E-state index in [4.69, 9.17) is 5.73 Å². The monoisotopic (exact) mass is 314 g/mol. The van der Waals surface area contributed by atoms with Crippen LogP contribution in [-0.2, 0) is 6.54 Å². The number of piperidine rings is 1. The molecule has 22 heavy (non-hydrogen) atoms. The van der Waals surface area contributed by atoms with Crippen molar-refractivity contribution < 1.29 is 19.0 Å². The molecule has 0 amide bonds. The van der Waals surface area contributed by atoms with E-state index in [2.05, 4.69) is 4.90 Å². The molecule has 6 heteroatoms. The van der Waals surface area contributed by atoms with Crippen LogP contribution in [0.5, 0.6) is 0 Å². The predicted molar refractivity (Wildman–Crippen MR) is 81.5 cm³/mol. The second-order valence-corrected chi connectivity index (χ2v) is 6.35. The maximum absolute atomic E-state index is 13.1. The Bertz CT molecular complexity index is 509. The summed E-state index contributed by atoms with van der Waals surface area (Å²) in [5.74, 6) is -0.0602. The van der Waals surface area contributed by atoms with Crippen molar-refractivity contribution in [2.45, 2.75) is 38.3 Å². The van der Waals surface area contributed by atoms with Crippen molar-refractivity contribution in [1.82, 2.24) is 4.90 Å². The first kappa shape index (κ1) is 17.1. The van der Waals surface area contributed by atoms with Gasteiger partial charge in [0, 0.05) is 30.3 Å². The van der Waals surface area contributed by atoms with Crippen molar-refractivity contribution in [3.05, 3.63) is 29.3 Å². The topological polar surface area (TPSA) is 69.7 Å². The summed E-state index contributed by atoms with van der Waals surface area (Å²) in [6.07, 6.45) is -0.854. The summed E-state index contributed by atoms with van der Waals surface area (Å²) in [7, 11) is 0. The third-order valence-corrected chi connectivity index (χ3v) is 4.50. The number of nitrogens with two attached hydrogens (primary N) is 1. The zero-order valence-electron chi connectivity index (χ0n) is 12.8. The molecule has 1 aliphatic heterocycles. The zero-order valence-corrected chi connectivity index (χ0v) is 12.8. The lowest BCUT2D eigenvalue weighted by molar-refractivity contribution is -0.0697. The fourth-order valence-corrected chi connectivity index (χ4v) is 3.04. The van der Waals surface area contributed by atoms with E-state index < -0.39 is 12.0 Å². The molecule has 2 rings (SSSR count). The quantitative estimate of drug-likeness (QED) is 0.729. The normalized spacial score (nSPS) is 22.7. The highest BCUT2D eigenvalue weighted by Gasteiger charge is 2.34. The summed E-state index contributed by atoms with van der Waals surface area (Å²) < 4.78 is 26.3. The molecule has 4 N–H and O–H groups in total. The van der Waals surface area contributed by atoms with Gasteiger partial charge in [0.05, 0.1) is 12.2 Å². The highest BCUT2D eigenvalue weighted by Crippen LogP contribution is 2.30. The van der Waals surface area contributed by atoms with Crippen LogP contribution in [0.3, 0.4) is 0 Å². The second-order valence-electron chi connectivity index (χ2n) is 6.35. The van der Waals surface area contributed by atoms with Crippen LogP contribution in [0.2, 0.25) is 0 Å². The lowest BCUT2D eigenvalue weighted by atomic mass is 9.83. The number of anilines is 1. The van der Waals surface area contributed by atoms with E-state index in [-0.39, 0.29) is 18.1 Å². The first-order valence-electron chi connectivity index (χ1n) is 7.55. The summed E-state index contributed by atoms with van der Waals surface area (Å²) in [4.78, 5) is 2.05. The van der Waals surface area contributed by atoms with Gasteiger partial charge in [0.1, 0.15) is 0 Å². The van der Waals surface area contributed by atoms with Crippen LogP contribution in [0.15, 0.2) is 18.2 Å². The number of rotatable bonds is 5. The number of nitrogen functional groups attached to an aromatic ring is 1. The Morgan fingerprint density at radius 3 is 2.82 bits per heavy atom. The number of alkyl halides is 2. The minimum Gasteiger partial charge on any atom is -0.399 e. The first-order valence-corrected chi connectivity index (χ1v) is 7.55. The standard InChI is InChI=1S/C16H24F2N2O2/c1-16(22,10-21)12-3-2-6-20(9-12)8-11-4-5-13(19)7-14(11)15(17)18/h4-5,7,12,15,21-22H,2-3,6,8-10,19H2,1H3/t12-,16+/m0/s1. The van der Waals surface area contributed by atoms with Crippen LogP contribution < -0.4 is 5.73 Å². The molecule has 1 aromatic rings. The Hall–Kier alpha value is -1.24. The molecule has 0 bridgehead atoms. The molecule has 0 aliphatic carbocycles. The van der Waals surface area contributed by atoms with Crippen molar-refractivity contribution in [2.24, 2.45) is 5.92 Å². The van der Waals surface area contributed by atoms with Gasteiger partial charge in [-0.15, -0.1) is 0 Å². The van der Waals surface area contributed by atoms with Crippen LogP contribution in [0.1, 0.15) is 37.3 Å². The molecular formula is C16H24F2N2O2. The molecule has 2 atom stereocenters. The fraction of sp³-hybridized carbons (Fsp3) is 0.625. The predicted octanol–water partition coefficient (Wildman–Crippen LogP) is 2.16. The van der Waals surface area contributed by atoms with E-state index in [0.717, 1.165) is 19.4 Å². The van der Waals surface area contributed by atoms with Crippen molar-refractivity contribution in [1.29, 1.82) is 0 Å². The average molecular weight is 314 g/mol. The van der Waals surface area contributed by atoms with Gasteiger partial charge in [-0.3, -0.25) is 4.90 Å². The number of likely N-dealkylation sites (tertiary alicyclic amines) is 1. The molecule has 1 aromatic carbocycles. The van der Waals surface area contributed by atoms with E-state index in [1.54, 1.807) is 19.1 Å². The van der Waals surface area contributed by atoms with Gasteiger partial charge < -0.3 is 15.9 Å². The number of halogens is 2. The van der Waals surface area contributed by atoms with Gasteiger partial charge in [0.25, 0.3) is 6.43 Å². The SMILES string of the molecule is C[C@@](O)(CO)[C@H]1CCCN(Cc2ccc(N)cc2C(F)F)C1. The number of nitrogens with zero attached hydrogens (tertiary/aromatic N) is 1. The average Bonchev–Trinajstić information content (AvgIpc) is 2.49. The molecule has 0 radical (unpaired) electrons. The van der Waals surface area contributed by atoms with Gasteiger partial charge in [-0.1, -0.05) is 6.07 Å². The van der Waals surface area contributed by atoms with Crippen LogP contribution >= 0.6 is 0 Å². The molecule has 0 aromatic heterocycles. The molecule has 124 valence electrons. The van der Waals surface area contributed by atoms with Gasteiger partial charge in [-0.25, -0.2) is 8.78 Å². The lowest BCUT2D eigenvalue weighted by Gasteiger charge is -2.39. The van der Waals surface area contributed by atoms with Crippen molar-refractivity contribution in [3.63, 3.8) is 0 Å². The van der Waals surface area contributed by atoms with Gasteiger partial charge in [-0.05, 0) is 44.0 Å². The van der Waals surface area contributed by atoms with E-state index in [1.165, 1.54) is 6.07 Å². The van der Waals surface area contributed by atoms with Crippen molar-refractivity contribution in [3.8, 4) is 0 Å². The van der Waals surface area contributed by atoms with Gasteiger partial charge in [0.15, 0.2) is 0 Å². The summed E-state index contributed by atoms with van der Waals surface area (Å²) in [5.41, 5.74) is 5.32. The van der Waals surface area contributed by atoms with E-state index in [1.807, 2.05) is 0 Å². The number of hydrogen-bond acceptors (Lipinski definition) is 4. The Morgan fingerprint density at radius 2 is 2.18 bits per heavy atom. The third-order valence-electron chi connectivity index (χ3n) is 4.50. The highest BCUT2D eigenvalue weighted by atomic mass is 19.3. The molecular weight excluding hydrogens is 290 g/mol. The number of hydrogen-bond donors (Lipinski definition) is 3. The minimum atomic E-state index is -2.56. The van der Waals surface area contributed by atoms with Gasteiger partial charge >= 0.3 is 0 Å². The zero-order chi connectivity index (χ0) is 16.3. The Labute approximate surface area is 129 Å². The second kappa shape index (κ2) is 6.89. The Balaban J connectivity index is 2.11. The molecule has 4 nitrogen and oxygen atoms in total. The Kier molecular flexibility index (Phi) is 5.36. The van der Waals surface area contributed by atoms with Crippen molar-refractivity contribution in [2.75, 3.05) is 25.4 Å². The van der Waals surface area contributed by atoms with Crippen LogP contribution in [-0.4, -0.2) is 40.4 Å². The van der Waals surface area contributed by atoms with Crippen LogP contribution in [0, 0.1) is 5.92 Å². The molecule has 1 aliphatic rings. The molecule has 0 unspecified atom stereocenters. The van der Waals surface area contributed by atoms with E-state index in [0.29, 0.717) is 24.3 Å². The molecule has 0 spiro atoms. The first-order chi connectivity index (χ1) is 10.3. The summed E-state index contributed by atoms with van der Waals surface area (Å²) in [5, 5.41) is 19.5. The van der Waals surface area contributed by atoms with E-state index in [9.17, 15) is 19.0 Å². The van der Waals surface area contributed by atoms with Crippen LogP contribution in [0.25, 0.3) is 0 Å². The number of benzene rings is 1. The molecule has 1 heterocycles. The lowest BCUT2D eigenvalue weighted by Crippen LogP contribution is -2.48.